The van der Waals surface area contributed by atoms with Gasteiger partial charge < -0.3 is 24.8 Å². The number of rotatable bonds is 6. The average Bonchev–Trinajstić information content (AvgIpc) is 3.52. The summed E-state index contributed by atoms with van der Waals surface area (Å²) in [7, 11) is 1.31. The van der Waals surface area contributed by atoms with E-state index in [0.29, 0.717) is 27.1 Å². The summed E-state index contributed by atoms with van der Waals surface area (Å²) in [6.45, 7) is 0. The second-order valence-corrected chi connectivity index (χ2v) is 10.0. The molecular formula is C25H27Cl4LiO7. The van der Waals surface area contributed by atoms with Crippen LogP contribution in [0.15, 0.2) is 24.3 Å². The van der Waals surface area contributed by atoms with Crippen molar-refractivity contribution in [3.8, 4) is 11.5 Å². The second kappa shape index (κ2) is 16.0. The van der Waals surface area contributed by atoms with Crippen LogP contribution in [-0.2, 0) is 4.74 Å². The van der Waals surface area contributed by atoms with E-state index in [1.54, 1.807) is 0 Å². The zero-order chi connectivity index (χ0) is 25.5. The summed E-state index contributed by atoms with van der Waals surface area (Å²) < 4.78 is 16.1. The predicted molar refractivity (Wildman–Crippen MR) is 139 cm³/mol. The number of methoxy groups -OCH3 is 1. The summed E-state index contributed by atoms with van der Waals surface area (Å²) in [4.78, 5) is 22.2. The van der Waals surface area contributed by atoms with Crippen LogP contribution in [0.1, 0.15) is 72.1 Å². The minimum absolute atomic E-state index is 0. The number of carboxylic acids is 1. The first-order valence-corrected chi connectivity index (χ1v) is 12.8. The fraction of sp³-hybridized carbons (Fsp3) is 0.440. The number of halogens is 4. The zero-order valence-corrected chi connectivity index (χ0v) is 23.6. The molecule has 0 amide bonds. The Morgan fingerprint density at radius 2 is 1.05 bits per heavy atom. The summed E-state index contributed by atoms with van der Waals surface area (Å²) in [6.07, 6.45) is 8.96. The van der Waals surface area contributed by atoms with Gasteiger partial charge in [0.05, 0.1) is 50.5 Å². The number of carboxylic acid groups (broad SMARTS) is 1. The molecule has 0 bridgehead atoms. The molecule has 0 aromatic heterocycles. The maximum Gasteiger partial charge on any atom is 1.00 e. The predicted octanol–water partition coefficient (Wildman–Crippen LogP) is 4.94. The number of esters is 1. The van der Waals surface area contributed by atoms with Crippen LogP contribution in [0.25, 0.3) is 0 Å². The molecule has 2 aliphatic rings. The van der Waals surface area contributed by atoms with Crippen LogP contribution >= 0.6 is 46.4 Å². The SMILES string of the molecule is COC(=O)c1cc(Cl)c(OC2CCCC2)c(Cl)c1.O=C(O)c1cc(Cl)c(OC2CCCC2)c(Cl)c1.[Li+].[OH-]. The number of aromatic carboxylic acids is 1. The van der Waals surface area contributed by atoms with Crippen molar-refractivity contribution < 1.29 is 53.2 Å². The molecule has 7 nitrogen and oxygen atoms in total. The topological polar surface area (TPSA) is 112 Å². The van der Waals surface area contributed by atoms with Crippen LogP contribution in [0.4, 0.5) is 0 Å². The van der Waals surface area contributed by atoms with E-state index in [1.807, 2.05) is 0 Å². The summed E-state index contributed by atoms with van der Waals surface area (Å²) in [5.41, 5.74) is 0.394. The number of hydrogen-bond acceptors (Lipinski definition) is 6. The molecule has 0 radical (unpaired) electrons. The monoisotopic (exact) mass is 586 g/mol. The van der Waals surface area contributed by atoms with Crippen molar-refractivity contribution in [2.24, 2.45) is 0 Å². The Morgan fingerprint density at radius 3 is 1.35 bits per heavy atom. The molecule has 2 saturated carbocycles. The van der Waals surface area contributed by atoms with Crippen LogP contribution in [0, 0.1) is 0 Å². The van der Waals surface area contributed by atoms with Gasteiger partial charge in [-0.05, 0) is 75.6 Å². The van der Waals surface area contributed by atoms with Crippen LogP contribution < -0.4 is 28.3 Å². The van der Waals surface area contributed by atoms with Crippen molar-refractivity contribution in [3.05, 3.63) is 55.5 Å². The Balaban J connectivity index is 0.000000351. The van der Waals surface area contributed by atoms with Crippen molar-refractivity contribution in [1.29, 1.82) is 0 Å². The van der Waals surface area contributed by atoms with E-state index in [4.69, 9.17) is 61.0 Å². The van der Waals surface area contributed by atoms with Crippen molar-refractivity contribution in [3.63, 3.8) is 0 Å². The summed E-state index contributed by atoms with van der Waals surface area (Å²) in [5, 5.41) is 10.0. The minimum Gasteiger partial charge on any atom is -0.870 e. The van der Waals surface area contributed by atoms with Crippen molar-refractivity contribution in [2.75, 3.05) is 7.11 Å². The first-order chi connectivity index (χ1) is 16.7. The standard InChI is InChI=1S/C13H14Cl2O3.C12H12Cl2O3.Li.H2O/c1-17-13(16)8-6-10(14)12(11(15)7-8)18-9-4-2-3-5-9;13-9-5-7(12(15)16)6-10(14)11(9)17-8-3-1-2-4-8;;/h6-7,9H,2-5H2,1H3;5-6,8H,1-4H2,(H,15,16);;1H2/q;;+1;/p-1. The molecular weight excluding hydrogens is 561 g/mol. The van der Waals surface area contributed by atoms with Crippen LogP contribution in [0.5, 0.6) is 11.5 Å². The summed E-state index contributed by atoms with van der Waals surface area (Å²) in [5.74, 6) is -0.671. The maximum absolute atomic E-state index is 11.4. The Labute approximate surface area is 248 Å². The molecule has 0 aliphatic heterocycles. The van der Waals surface area contributed by atoms with E-state index in [2.05, 4.69) is 4.74 Å². The largest absolute Gasteiger partial charge is 1.00 e. The van der Waals surface area contributed by atoms with Gasteiger partial charge in [-0.15, -0.1) is 0 Å². The van der Waals surface area contributed by atoms with E-state index >= 15 is 0 Å². The summed E-state index contributed by atoms with van der Waals surface area (Å²) in [6, 6.07) is 5.76. The molecule has 0 atom stereocenters. The van der Waals surface area contributed by atoms with E-state index in [1.165, 1.54) is 44.2 Å². The molecule has 0 saturated heterocycles. The van der Waals surface area contributed by atoms with E-state index in [9.17, 15) is 9.59 Å². The fourth-order valence-corrected chi connectivity index (χ4v) is 5.20. The Hall–Kier alpha value is -1.30. The number of benzene rings is 2. The molecule has 2 N–H and O–H groups in total. The maximum atomic E-state index is 11.4. The normalized spacial score (nSPS) is 15.1. The van der Waals surface area contributed by atoms with Crippen LogP contribution in [0.2, 0.25) is 20.1 Å². The average molecular weight is 588 g/mol. The van der Waals surface area contributed by atoms with Gasteiger partial charge in [-0.2, -0.15) is 0 Å². The van der Waals surface area contributed by atoms with E-state index in [-0.39, 0.29) is 52.2 Å². The van der Waals surface area contributed by atoms with Gasteiger partial charge in [0, 0.05) is 0 Å². The van der Waals surface area contributed by atoms with Gasteiger partial charge in [0.2, 0.25) is 0 Å². The zero-order valence-electron chi connectivity index (χ0n) is 20.6. The quantitative estimate of drug-likeness (QED) is 0.376. The number of ether oxygens (including phenoxy) is 3. The van der Waals surface area contributed by atoms with Gasteiger partial charge in [-0.25, -0.2) is 9.59 Å². The number of carbonyl (C=O) groups excluding carboxylic acids is 1. The molecule has 0 spiro atoms. The Kier molecular flexibility index (Phi) is 14.5. The van der Waals surface area contributed by atoms with Crippen molar-refractivity contribution in [1.82, 2.24) is 0 Å². The van der Waals surface area contributed by atoms with Crippen LogP contribution in [-0.4, -0.2) is 41.8 Å². The first-order valence-electron chi connectivity index (χ1n) is 11.3. The van der Waals surface area contributed by atoms with Crippen molar-refractivity contribution in [2.45, 2.75) is 63.6 Å². The van der Waals surface area contributed by atoms with Crippen molar-refractivity contribution >= 4 is 58.3 Å². The molecule has 2 fully saturated rings. The third-order valence-electron chi connectivity index (χ3n) is 5.84. The minimum atomic E-state index is -1.05. The van der Waals surface area contributed by atoms with E-state index in [0.717, 1.165) is 38.5 Å². The molecule has 37 heavy (non-hydrogen) atoms. The van der Waals surface area contributed by atoms with Gasteiger partial charge in [0.1, 0.15) is 0 Å². The molecule has 2 aromatic carbocycles. The summed E-state index contributed by atoms with van der Waals surface area (Å²) >= 11 is 24.2. The van der Waals surface area contributed by atoms with Gasteiger partial charge in [-0.1, -0.05) is 46.4 Å². The van der Waals surface area contributed by atoms with Gasteiger partial charge in [0.25, 0.3) is 0 Å². The molecule has 4 rings (SSSR count). The first kappa shape index (κ1) is 33.7. The molecule has 198 valence electrons. The fourth-order valence-electron chi connectivity index (χ4n) is 4.05. The molecule has 12 heteroatoms. The third-order valence-corrected chi connectivity index (χ3v) is 6.96. The Bertz CT molecular complexity index is 1020. The van der Waals surface area contributed by atoms with Gasteiger partial charge in [0.15, 0.2) is 11.5 Å². The molecule has 0 heterocycles. The molecule has 0 unspecified atom stereocenters. The third kappa shape index (κ3) is 9.44. The molecule has 2 aromatic rings. The second-order valence-electron chi connectivity index (χ2n) is 8.38. The van der Waals surface area contributed by atoms with Gasteiger partial charge in [-0.3, -0.25) is 0 Å². The van der Waals surface area contributed by atoms with Gasteiger partial charge >= 0.3 is 30.8 Å². The van der Waals surface area contributed by atoms with Crippen LogP contribution in [0.3, 0.4) is 0 Å². The number of hydrogen-bond donors (Lipinski definition) is 1. The Morgan fingerprint density at radius 1 is 0.730 bits per heavy atom. The van der Waals surface area contributed by atoms with E-state index < -0.39 is 11.9 Å². The number of carbonyl (C=O) groups is 2. The molecule has 2 aliphatic carbocycles. The smallest absolute Gasteiger partial charge is 0.870 e.